The fraction of sp³-hybridized carbons (Fsp3) is 0.333. The molecule has 0 aliphatic carbocycles. The Bertz CT molecular complexity index is 1510. The third-order valence-electron chi connectivity index (χ3n) is 6.84. The molecule has 1 fully saturated rings. The molecule has 0 spiro atoms. The van der Waals surface area contributed by atoms with Gasteiger partial charge in [0.15, 0.2) is 16.6 Å². The topological polar surface area (TPSA) is 119 Å². The van der Waals surface area contributed by atoms with Gasteiger partial charge in [0.1, 0.15) is 17.0 Å². The summed E-state index contributed by atoms with van der Waals surface area (Å²) in [6.07, 6.45) is 0.361. The zero-order chi connectivity index (χ0) is 28.4. The van der Waals surface area contributed by atoms with Crippen molar-refractivity contribution >= 4 is 33.3 Å². The van der Waals surface area contributed by atoms with E-state index in [4.69, 9.17) is 14.9 Å². The predicted octanol–water partition coefficient (Wildman–Crippen LogP) is 5.21. The number of hydrogen-bond donors (Lipinski definition) is 2. The molecule has 3 N–H and O–H groups in total. The van der Waals surface area contributed by atoms with Crippen LogP contribution in [0.15, 0.2) is 52.9 Å². The Morgan fingerprint density at radius 3 is 2.73 bits per heavy atom. The van der Waals surface area contributed by atoms with Crippen LogP contribution in [0.25, 0.3) is 22.4 Å². The third kappa shape index (κ3) is 5.52. The molecule has 1 amide bonds. The highest BCUT2D eigenvalue weighted by Crippen LogP contribution is 2.37. The molecule has 1 saturated heterocycles. The van der Waals surface area contributed by atoms with Gasteiger partial charge in [0.2, 0.25) is 5.89 Å². The van der Waals surface area contributed by atoms with Crippen LogP contribution in [0.3, 0.4) is 0 Å². The minimum absolute atomic E-state index is 0.00791. The standard InChI is InChI=1S/C27H27F3N6O3S/c1-3-18(31)23-22(24(37)33-14-15-8-11-36(12-9-15)26-32-10-13-40-26)35-25(39-23)17-4-6-19(38-2)21-16(17)5-7-20(34-21)27(28,29)30/h3-7,10,13,15,18H,1,8-9,11-12,14,31H2,2H3,(H,33,37)/t18-/m0/s1. The summed E-state index contributed by atoms with van der Waals surface area (Å²) >= 11 is 1.60. The molecule has 13 heteroatoms. The van der Waals surface area contributed by atoms with Gasteiger partial charge in [-0.1, -0.05) is 6.08 Å². The van der Waals surface area contributed by atoms with Crippen molar-refractivity contribution in [3.05, 3.63) is 65.6 Å². The summed E-state index contributed by atoms with van der Waals surface area (Å²) in [5.41, 5.74) is 5.40. The molecule has 0 bridgehead atoms. The molecule has 210 valence electrons. The van der Waals surface area contributed by atoms with Gasteiger partial charge in [-0.15, -0.1) is 17.9 Å². The van der Waals surface area contributed by atoms with Gasteiger partial charge in [-0.05, 0) is 43.0 Å². The number of nitrogens with two attached hydrogens (primary N) is 1. The fourth-order valence-electron chi connectivity index (χ4n) is 4.67. The molecule has 5 rings (SSSR count). The Labute approximate surface area is 231 Å². The first-order valence-electron chi connectivity index (χ1n) is 12.6. The van der Waals surface area contributed by atoms with E-state index in [1.165, 1.54) is 25.3 Å². The quantitative estimate of drug-likeness (QED) is 0.277. The highest BCUT2D eigenvalue weighted by atomic mass is 32.1. The summed E-state index contributed by atoms with van der Waals surface area (Å²) in [6, 6.07) is 4.38. The van der Waals surface area contributed by atoms with E-state index in [-0.39, 0.29) is 34.5 Å². The van der Waals surface area contributed by atoms with Crippen LogP contribution >= 0.6 is 11.3 Å². The Morgan fingerprint density at radius 2 is 2.08 bits per heavy atom. The van der Waals surface area contributed by atoms with Crippen LogP contribution in [0.2, 0.25) is 0 Å². The van der Waals surface area contributed by atoms with Crippen molar-refractivity contribution < 1.29 is 27.1 Å². The van der Waals surface area contributed by atoms with Crippen LogP contribution in [-0.2, 0) is 6.18 Å². The van der Waals surface area contributed by atoms with Crippen LogP contribution in [0.1, 0.15) is 40.8 Å². The van der Waals surface area contributed by atoms with Crippen molar-refractivity contribution in [2.45, 2.75) is 25.1 Å². The summed E-state index contributed by atoms with van der Waals surface area (Å²) in [4.78, 5) is 28.0. The van der Waals surface area contributed by atoms with E-state index in [9.17, 15) is 18.0 Å². The molecular weight excluding hydrogens is 545 g/mol. The minimum Gasteiger partial charge on any atom is -0.494 e. The predicted molar refractivity (Wildman–Crippen MR) is 145 cm³/mol. The molecule has 0 unspecified atom stereocenters. The Morgan fingerprint density at radius 1 is 1.30 bits per heavy atom. The molecule has 1 aliphatic heterocycles. The summed E-state index contributed by atoms with van der Waals surface area (Å²) in [5, 5.41) is 6.20. The number of nitrogens with one attached hydrogen (secondary N) is 1. The van der Waals surface area contributed by atoms with Crippen molar-refractivity contribution in [3.8, 4) is 17.2 Å². The monoisotopic (exact) mass is 572 g/mol. The molecule has 3 aromatic heterocycles. The van der Waals surface area contributed by atoms with Gasteiger partial charge in [0.25, 0.3) is 5.91 Å². The molecule has 4 aromatic rings. The highest BCUT2D eigenvalue weighted by molar-refractivity contribution is 7.13. The van der Waals surface area contributed by atoms with Crippen molar-refractivity contribution in [1.29, 1.82) is 0 Å². The zero-order valence-corrected chi connectivity index (χ0v) is 22.4. The van der Waals surface area contributed by atoms with Crippen LogP contribution in [0, 0.1) is 5.92 Å². The fourth-order valence-corrected chi connectivity index (χ4v) is 5.36. The van der Waals surface area contributed by atoms with E-state index in [1.54, 1.807) is 23.6 Å². The number of pyridine rings is 1. The number of methoxy groups -OCH3 is 1. The summed E-state index contributed by atoms with van der Waals surface area (Å²) in [7, 11) is 1.34. The van der Waals surface area contributed by atoms with E-state index in [1.807, 2.05) is 5.38 Å². The second-order valence-electron chi connectivity index (χ2n) is 9.35. The number of anilines is 1. The van der Waals surface area contributed by atoms with Gasteiger partial charge >= 0.3 is 6.18 Å². The average molecular weight is 573 g/mol. The number of oxazole rings is 1. The molecule has 1 aliphatic rings. The van der Waals surface area contributed by atoms with Gasteiger partial charge in [0.05, 0.1) is 13.2 Å². The van der Waals surface area contributed by atoms with Crippen molar-refractivity contribution in [3.63, 3.8) is 0 Å². The number of carbonyl (C=O) groups is 1. The third-order valence-corrected chi connectivity index (χ3v) is 7.67. The lowest BCUT2D eigenvalue weighted by atomic mass is 9.97. The zero-order valence-electron chi connectivity index (χ0n) is 21.6. The van der Waals surface area contributed by atoms with Gasteiger partial charge in [-0.25, -0.2) is 15.0 Å². The number of thiazole rings is 1. The van der Waals surface area contributed by atoms with E-state index >= 15 is 0 Å². The van der Waals surface area contributed by atoms with Crippen LogP contribution in [0.5, 0.6) is 5.75 Å². The van der Waals surface area contributed by atoms with Gasteiger partial charge < -0.3 is 25.1 Å². The minimum atomic E-state index is -4.63. The van der Waals surface area contributed by atoms with E-state index in [0.29, 0.717) is 17.5 Å². The molecule has 0 radical (unpaired) electrons. The van der Waals surface area contributed by atoms with Crippen molar-refractivity contribution in [2.24, 2.45) is 11.7 Å². The number of alkyl halides is 3. The van der Waals surface area contributed by atoms with Crippen LogP contribution in [-0.4, -0.2) is 47.6 Å². The summed E-state index contributed by atoms with van der Waals surface area (Å²) in [5.74, 6) is 0.0918. The maximum absolute atomic E-state index is 13.3. The Kier molecular flexibility index (Phi) is 7.76. The lowest BCUT2D eigenvalue weighted by molar-refractivity contribution is -0.140. The lowest BCUT2D eigenvalue weighted by Crippen LogP contribution is -2.39. The number of carbonyl (C=O) groups excluding carboxylic acids is 1. The van der Waals surface area contributed by atoms with Crippen LogP contribution in [0.4, 0.5) is 18.3 Å². The number of nitrogens with zero attached hydrogens (tertiary/aromatic N) is 4. The second-order valence-corrected chi connectivity index (χ2v) is 10.2. The first kappa shape index (κ1) is 27.6. The van der Waals surface area contributed by atoms with E-state index in [0.717, 1.165) is 37.1 Å². The summed E-state index contributed by atoms with van der Waals surface area (Å²) in [6.45, 7) is 5.84. The number of rotatable bonds is 8. The SMILES string of the molecule is C=C[C@H](N)c1oc(-c2ccc(OC)c3nc(C(F)(F)F)ccc23)nc1C(=O)NCC1CCN(c2nccs2)CC1. The lowest BCUT2D eigenvalue weighted by Gasteiger charge is -2.31. The first-order chi connectivity index (χ1) is 19.2. The molecule has 1 aromatic carbocycles. The molecule has 0 saturated carbocycles. The van der Waals surface area contributed by atoms with Gasteiger partial charge in [-0.3, -0.25) is 4.79 Å². The van der Waals surface area contributed by atoms with Gasteiger partial charge in [0, 0.05) is 42.2 Å². The molecule has 4 heterocycles. The average Bonchev–Trinajstić information content (AvgIpc) is 3.65. The number of aromatic nitrogens is 3. The Balaban J connectivity index is 1.39. The number of fused-ring (bicyclic) bond motifs is 1. The van der Waals surface area contributed by atoms with Crippen LogP contribution < -0.4 is 20.7 Å². The van der Waals surface area contributed by atoms with E-state index < -0.39 is 23.8 Å². The Hall–Kier alpha value is -3.97. The highest BCUT2D eigenvalue weighted by Gasteiger charge is 2.33. The molecule has 9 nitrogen and oxygen atoms in total. The largest absolute Gasteiger partial charge is 0.494 e. The van der Waals surface area contributed by atoms with E-state index in [2.05, 4.69) is 31.7 Å². The molecule has 1 atom stereocenters. The molecular formula is C27H27F3N6O3S. The first-order valence-corrected chi connectivity index (χ1v) is 13.4. The number of ether oxygens (including phenoxy) is 1. The number of halogens is 3. The number of amides is 1. The number of benzene rings is 1. The van der Waals surface area contributed by atoms with Crippen molar-refractivity contribution in [1.82, 2.24) is 20.3 Å². The normalized spacial score (nSPS) is 15.3. The van der Waals surface area contributed by atoms with Crippen molar-refractivity contribution in [2.75, 3.05) is 31.6 Å². The second kappa shape index (κ2) is 11.3. The van der Waals surface area contributed by atoms with Gasteiger partial charge in [-0.2, -0.15) is 13.2 Å². The number of hydrogen-bond acceptors (Lipinski definition) is 9. The maximum Gasteiger partial charge on any atom is 0.433 e. The smallest absolute Gasteiger partial charge is 0.433 e. The maximum atomic E-state index is 13.3. The molecule has 40 heavy (non-hydrogen) atoms. The summed E-state index contributed by atoms with van der Waals surface area (Å²) < 4.78 is 51.2. The number of piperidine rings is 1.